The maximum atomic E-state index is 12.4. The lowest BCUT2D eigenvalue weighted by Crippen LogP contribution is -2.14. The Morgan fingerprint density at radius 1 is 1.32 bits per heavy atom. The van der Waals surface area contributed by atoms with Crippen molar-refractivity contribution in [3.8, 4) is 6.07 Å². The molecule has 0 atom stereocenters. The molecule has 1 N–H and O–H groups in total. The lowest BCUT2D eigenvalue weighted by atomic mass is 10.1. The van der Waals surface area contributed by atoms with Crippen LogP contribution < -0.4 is 5.32 Å². The van der Waals surface area contributed by atoms with Gasteiger partial charge in [-0.15, -0.1) is 0 Å². The molecular weight excluding hydrogens is 386 g/mol. The first-order chi connectivity index (χ1) is 11.8. The third kappa shape index (κ3) is 4.31. The van der Waals surface area contributed by atoms with E-state index in [9.17, 15) is 20.2 Å². The van der Waals surface area contributed by atoms with Gasteiger partial charge < -0.3 is 5.32 Å². The summed E-state index contributed by atoms with van der Waals surface area (Å²) < 4.78 is 0.327. The van der Waals surface area contributed by atoms with Crippen LogP contribution >= 0.6 is 15.9 Å². The van der Waals surface area contributed by atoms with Gasteiger partial charge in [0.2, 0.25) is 0 Å². The number of nitriles is 1. The SMILES string of the molecule is Cc1cccc(NC(=O)/C(C#N)=C/c2ccc(Br)c([N+](=O)[O-])c2)c1C. The zero-order valence-electron chi connectivity index (χ0n) is 13.5. The van der Waals surface area contributed by atoms with E-state index in [0.29, 0.717) is 15.7 Å². The van der Waals surface area contributed by atoms with Gasteiger partial charge >= 0.3 is 0 Å². The van der Waals surface area contributed by atoms with Crippen molar-refractivity contribution in [1.82, 2.24) is 0 Å². The quantitative estimate of drug-likeness (QED) is 0.353. The fourth-order valence-corrected chi connectivity index (χ4v) is 2.54. The van der Waals surface area contributed by atoms with Crippen LogP contribution in [0.4, 0.5) is 11.4 Å². The van der Waals surface area contributed by atoms with Crippen molar-refractivity contribution in [1.29, 1.82) is 5.26 Å². The summed E-state index contributed by atoms with van der Waals surface area (Å²) >= 11 is 3.10. The fraction of sp³-hybridized carbons (Fsp3) is 0.111. The minimum atomic E-state index is -0.568. The van der Waals surface area contributed by atoms with Gasteiger partial charge in [0, 0.05) is 11.8 Å². The first-order valence-corrected chi connectivity index (χ1v) is 8.06. The van der Waals surface area contributed by atoms with Gasteiger partial charge in [-0.25, -0.2) is 0 Å². The summed E-state index contributed by atoms with van der Waals surface area (Å²) in [5.74, 6) is -0.568. The molecule has 2 aromatic carbocycles. The zero-order chi connectivity index (χ0) is 18.6. The zero-order valence-corrected chi connectivity index (χ0v) is 15.1. The molecule has 0 unspecified atom stereocenters. The van der Waals surface area contributed by atoms with Crippen LogP contribution in [0.25, 0.3) is 6.08 Å². The van der Waals surface area contributed by atoms with Gasteiger partial charge in [-0.05, 0) is 64.7 Å². The predicted octanol–water partition coefficient (Wildman–Crippen LogP) is 4.52. The molecule has 0 aliphatic heterocycles. The number of hydrogen-bond acceptors (Lipinski definition) is 4. The van der Waals surface area contributed by atoms with E-state index in [0.717, 1.165) is 11.1 Å². The molecule has 126 valence electrons. The van der Waals surface area contributed by atoms with Gasteiger partial charge in [0.05, 0.1) is 9.40 Å². The van der Waals surface area contributed by atoms with Crippen LogP contribution in [0, 0.1) is 35.3 Å². The van der Waals surface area contributed by atoms with E-state index in [1.807, 2.05) is 32.0 Å². The van der Waals surface area contributed by atoms with Crippen molar-refractivity contribution in [3.05, 3.63) is 73.2 Å². The molecule has 0 spiro atoms. The highest BCUT2D eigenvalue weighted by Gasteiger charge is 2.14. The number of carbonyl (C=O) groups is 1. The maximum absolute atomic E-state index is 12.4. The molecule has 0 aromatic heterocycles. The number of anilines is 1. The Balaban J connectivity index is 2.33. The summed E-state index contributed by atoms with van der Waals surface area (Å²) in [4.78, 5) is 22.8. The van der Waals surface area contributed by atoms with Gasteiger partial charge in [0.1, 0.15) is 11.6 Å². The fourth-order valence-electron chi connectivity index (χ4n) is 2.15. The van der Waals surface area contributed by atoms with Gasteiger partial charge in [0.25, 0.3) is 11.6 Å². The molecule has 7 heteroatoms. The number of nitro groups is 1. The van der Waals surface area contributed by atoms with E-state index in [4.69, 9.17) is 0 Å². The monoisotopic (exact) mass is 399 g/mol. The predicted molar refractivity (Wildman–Crippen MR) is 98.9 cm³/mol. The van der Waals surface area contributed by atoms with Crippen LogP contribution in [0.2, 0.25) is 0 Å². The highest BCUT2D eigenvalue weighted by Crippen LogP contribution is 2.27. The van der Waals surface area contributed by atoms with Crippen molar-refractivity contribution >= 4 is 39.3 Å². The first kappa shape index (κ1) is 18.4. The number of aryl methyl sites for hydroxylation is 1. The molecule has 0 fully saturated rings. The molecule has 0 bridgehead atoms. The van der Waals surface area contributed by atoms with E-state index in [-0.39, 0.29) is 11.3 Å². The molecule has 0 heterocycles. The summed E-state index contributed by atoms with van der Waals surface area (Å²) in [6, 6.07) is 11.7. The number of benzene rings is 2. The number of rotatable bonds is 4. The highest BCUT2D eigenvalue weighted by molar-refractivity contribution is 9.10. The van der Waals surface area contributed by atoms with Gasteiger partial charge in [-0.3, -0.25) is 14.9 Å². The number of nitro benzene ring substituents is 1. The summed E-state index contributed by atoms with van der Waals surface area (Å²) in [7, 11) is 0. The third-order valence-electron chi connectivity index (χ3n) is 3.70. The molecule has 0 saturated carbocycles. The van der Waals surface area contributed by atoms with Crippen LogP contribution in [0.5, 0.6) is 0 Å². The Bertz CT molecular complexity index is 930. The van der Waals surface area contributed by atoms with Crippen LogP contribution in [-0.2, 0) is 4.79 Å². The summed E-state index contributed by atoms with van der Waals surface area (Å²) in [6.45, 7) is 3.80. The van der Waals surface area contributed by atoms with E-state index in [2.05, 4.69) is 21.2 Å². The summed E-state index contributed by atoms with van der Waals surface area (Å²) in [5, 5.41) is 23.0. The molecule has 6 nitrogen and oxygen atoms in total. The molecule has 25 heavy (non-hydrogen) atoms. The van der Waals surface area contributed by atoms with Crippen molar-refractivity contribution < 1.29 is 9.72 Å². The molecule has 0 radical (unpaired) electrons. The number of nitrogens with zero attached hydrogens (tertiary/aromatic N) is 2. The molecule has 0 aliphatic carbocycles. The third-order valence-corrected chi connectivity index (χ3v) is 4.37. The average Bonchev–Trinajstić information content (AvgIpc) is 2.57. The number of carbonyl (C=O) groups excluding carboxylic acids is 1. The number of hydrogen-bond donors (Lipinski definition) is 1. The normalized spacial score (nSPS) is 10.9. The number of nitrogens with one attached hydrogen (secondary N) is 1. The lowest BCUT2D eigenvalue weighted by Gasteiger charge is -2.09. The largest absolute Gasteiger partial charge is 0.321 e. The van der Waals surface area contributed by atoms with Crippen LogP contribution in [0.1, 0.15) is 16.7 Å². The highest BCUT2D eigenvalue weighted by atomic mass is 79.9. The van der Waals surface area contributed by atoms with E-state index in [1.54, 1.807) is 12.1 Å². The minimum absolute atomic E-state index is 0.138. The maximum Gasteiger partial charge on any atom is 0.284 e. The smallest absolute Gasteiger partial charge is 0.284 e. The molecule has 1 amide bonds. The Morgan fingerprint density at radius 2 is 2.04 bits per heavy atom. The Labute approximate surface area is 153 Å². The van der Waals surface area contributed by atoms with E-state index in [1.165, 1.54) is 18.2 Å². The number of halogens is 1. The van der Waals surface area contributed by atoms with Crippen LogP contribution in [0.15, 0.2) is 46.4 Å². The molecular formula is C18H14BrN3O3. The standard InChI is InChI=1S/C18H14BrN3O3/c1-11-4-3-5-16(12(11)2)21-18(23)14(10-20)8-13-6-7-15(19)17(9-13)22(24)25/h3-9H,1-2H3,(H,21,23)/b14-8+. The summed E-state index contributed by atoms with van der Waals surface area (Å²) in [6.07, 6.45) is 1.32. The van der Waals surface area contributed by atoms with Crippen molar-refractivity contribution in [2.75, 3.05) is 5.32 Å². The van der Waals surface area contributed by atoms with Gasteiger partial charge in [0.15, 0.2) is 0 Å². The second kappa shape index (κ2) is 7.73. The Hall–Kier alpha value is -2.98. The van der Waals surface area contributed by atoms with E-state index < -0.39 is 10.8 Å². The molecule has 2 aromatic rings. The molecule has 0 aliphatic rings. The Kier molecular flexibility index (Phi) is 5.67. The van der Waals surface area contributed by atoms with Gasteiger partial charge in [-0.2, -0.15) is 5.26 Å². The van der Waals surface area contributed by atoms with Crippen molar-refractivity contribution in [2.24, 2.45) is 0 Å². The lowest BCUT2D eigenvalue weighted by molar-refractivity contribution is -0.385. The van der Waals surface area contributed by atoms with Crippen molar-refractivity contribution in [2.45, 2.75) is 13.8 Å². The molecule has 0 saturated heterocycles. The topological polar surface area (TPSA) is 96.0 Å². The van der Waals surface area contributed by atoms with Crippen LogP contribution in [-0.4, -0.2) is 10.8 Å². The second-order valence-corrected chi connectivity index (χ2v) is 6.19. The second-order valence-electron chi connectivity index (χ2n) is 5.34. The average molecular weight is 400 g/mol. The van der Waals surface area contributed by atoms with Crippen molar-refractivity contribution in [3.63, 3.8) is 0 Å². The first-order valence-electron chi connectivity index (χ1n) is 7.26. The van der Waals surface area contributed by atoms with Crippen LogP contribution in [0.3, 0.4) is 0 Å². The van der Waals surface area contributed by atoms with Gasteiger partial charge in [-0.1, -0.05) is 18.2 Å². The minimum Gasteiger partial charge on any atom is -0.321 e. The molecule has 2 rings (SSSR count). The number of amides is 1. The van der Waals surface area contributed by atoms with E-state index >= 15 is 0 Å². The summed E-state index contributed by atoms with van der Waals surface area (Å²) in [5.41, 5.74) is 2.66. The Morgan fingerprint density at radius 3 is 2.68 bits per heavy atom.